The van der Waals surface area contributed by atoms with Crippen molar-refractivity contribution in [3.05, 3.63) is 34.3 Å². The molecule has 1 aliphatic rings. The molecule has 1 amide bonds. The van der Waals surface area contributed by atoms with E-state index in [4.69, 9.17) is 0 Å². The molecule has 0 aliphatic heterocycles. The Kier molecular flexibility index (Phi) is 5.24. The summed E-state index contributed by atoms with van der Waals surface area (Å²) in [6.45, 7) is 0.805. The Morgan fingerprint density at radius 1 is 1.17 bits per heavy atom. The molecule has 3 heteroatoms. The van der Waals surface area contributed by atoms with Crippen molar-refractivity contribution in [3.63, 3.8) is 0 Å². The molecule has 0 saturated heterocycles. The molecule has 1 N–H and O–H groups in total. The average Bonchev–Trinajstić information content (AvgIpc) is 2.40. The number of benzene rings is 1. The van der Waals surface area contributed by atoms with Gasteiger partial charge in [0.15, 0.2) is 0 Å². The largest absolute Gasteiger partial charge is 0.352 e. The van der Waals surface area contributed by atoms with Crippen molar-refractivity contribution in [2.75, 3.05) is 6.54 Å². The molecule has 1 aromatic carbocycles. The second-order valence-electron chi connectivity index (χ2n) is 5.06. The van der Waals surface area contributed by atoms with Crippen LogP contribution in [0.25, 0.3) is 0 Å². The molecule has 18 heavy (non-hydrogen) atoms. The van der Waals surface area contributed by atoms with Crippen molar-refractivity contribution in [2.45, 2.75) is 38.5 Å². The third-order valence-electron chi connectivity index (χ3n) is 3.67. The summed E-state index contributed by atoms with van der Waals surface area (Å²) in [6.07, 6.45) is 7.93. The lowest BCUT2D eigenvalue weighted by Crippen LogP contribution is -2.26. The first kappa shape index (κ1) is 13.6. The molecule has 0 bridgehead atoms. The SMILES string of the molecule is O=C(NCCC1CCCCC1)c1ccc(Br)cc1. The van der Waals surface area contributed by atoms with Gasteiger partial charge in [-0.15, -0.1) is 0 Å². The van der Waals surface area contributed by atoms with Gasteiger partial charge < -0.3 is 5.32 Å². The highest BCUT2D eigenvalue weighted by molar-refractivity contribution is 9.10. The molecule has 0 radical (unpaired) electrons. The standard InChI is InChI=1S/C15H20BrNO/c16-14-8-6-13(7-9-14)15(18)17-11-10-12-4-2-1-3-5-12/h6-9,12H,1-5,10-11H2,(H,17,18). The monoisotopic (exact) mass is 309 g/mol. The third kappa shape index (κ3) is 4.13. The maximum Gasteiger partial charge on any atom is 0.251 e. The van der Waals surface area contributed by atoms with Gasteiger partial charge in [0.25, 0.3) is 5.91 Å². The van der Waals surface area contributed by atoms with Gasteiger partial charge in [-0.2, -0.15) is 0 Å². The fourth-order valence-electron chi connectivity index (χ4n) is 2.57. The van der Waals surface area contributed by atoms with Crippen LogP contribution < -0.4 is 5.32 Å². The van der Waals surface area contributed by atoms with Crippen LogP contribution in [0.1, 0.15) is 48.9 Å². The first-order chi connectivity index (χ1) is 8.75. The average molecular weight is 310 g/mol. The van der Waals surface area contributed by atoms with Crippen molar-refractivity contribution in [2.24, 2.45) is 5.92 Å². The fraction of sp³-hybridized carbons (Fsp3) is 0.533. The Morgan fingerprint density at radius 2 is 1.83 bits per heavy atom. The summed E-state index contributed by atoms with van der Waals surface area (Å²) in [5.74, 6) is 0.863. The maximum absolute atomic E-state index is 11.9. The zero-order chi connectivity index (χ0) is 12.8. The highest BCUT2D eigenvalue weighted by atomic mass is 79.9. The summed E-state index contributed by atoms with van der Waals surface area (Å²) >= 11 is 3.37. The molecule has 98 valence electrons. The Hall–Kier alpha value is -0.830. The zero-order valence-electron chi connectivity index (χ0n) is 10.6. The molecular weight excluding hydrogens is 290 g/mol. The maximum atomic E-state index is 11.9. The van der Waals surface area contributed by atoms with Gasteiger partial charge >= 0.3 is 0 Å². The van der Waals surface area contributed by atoms with Gasteiger partial charge in [-0.1, -0.05) is 48.0 Å². The van der Waals surface area contributed by atoms with Gasteiger partial charge in [0, 0.05) is 16.6 Å². The van der Waals surface area contributed by atoms with E-state index in [1.165, 1.54) is 32.1 Å². The van der Waals surface area contributed by atoms with E-state index < -0.39 is 0 Å². The normalized spacial score (nSPS) is 16.5. The molecule has 1 saturated carbocycles. The third-order valence-corrected chi connectivity index (χ3v) is 4.20. The Morgan fingerprint density at radius 3 is 2.50 bits per heavy atom. The highest BCUT2D eigenvalue weighted by Crippen LogP contribution is 2.25. The number of hydrogen-bond acceptors (Lipinski definition) is 1. The molecule has 2 nitrogen and oxygen atoms in total. The lowest BCUT2D eigenvalue weighted by molar-refractivity contribution is 0.0950. The van der Waals surface area contributed by atoms with E-state index in [9.17, 15) is 4.79 Å². The lowest BCUT2D eigenvalue weighted by Gasteiger charge is -2.21. The highest BCUT2D eigenvalue weighted by Gasteiger charge is 2.13. The fourth-order valence-corrected chi connectivity index (χ4v) is 2.83. The predicted octanol–water partition coefficient (Wildman–Crippen LogP) is 4.15. The molecule has 0 aromatic heterocycles. The Bertz CT molecular complexity index is 382. The van der Waals surface area contributed by atoms with E-state index in [0.29, 0.717) is 0 Å². The van der Waals surface area contributed by atoms with Crippen molar-refractivity contribution in [1.82, 2.24) is 5.32 Å². The lowest BCUT2D eigenvalue weighted by atomic mass is 9.87. The minimum Gasteiger partial charge on any atom is -0.352 e. The van der Waals surface area contributed by atoms with Crippen molar-refractivity contribution in [3.8, 4) is 0 Å². The molecular formula is C15H20BrNO. The van der Waals surface area contributed by atoms with Crippen LogP contribution in [0.4, 0.5) is 0 Å². The van der Waals surface area contributed by atoms with E-state index in [2.05, 4.69) is 21.2 Å². The summed E-state index contributed by atoms with van der Waals surface area (Å²) in [7, 11) is 0. The van der Waals surface area contributed by atoms with Crippen LogP contribution in [0.15, 0.2) is 28.7 Å². The molecule has 0 heterocycles. The van der Waals surface area contributed by atoms with Gasteiger partial charge in [-0.3, -0.25) is 4.79 Å². The van der Waals surface area contributed by atoms with Gasteiger partial charge in [0.05, 0.1) is 0 Å². The molecule has 1 aromatic rings. The first-order valence-electron chi connectivity index (χ1n) is 6.79. The van der Waals surface area contributed by atoms with Crippen LogP contribution in [-0.2, 0) is 0 Å². The van der Waals surface area contributed by atoms with E-state index in [1.807, 2.05) is 24.3 Å². The summed E-state index contributed by atoms with van der Waals surface area (Å²) in [4.78, 5) is 11.9. The molecule has 0 atom stereocenters. The second-order valence-corrected chi connectivity index (χ2v) is 5.97. The minimum atomic E-state index is 0.0401. The van der Waals surface area contributed by atoms with Crippen LogP contribution in [0, 0.1) is 5.92 Å². The first-order valence-corrected chi connectivity index (χ1v) is 7.59. The second kappa shape index (κ2) is 6.93. The van der Waals surface area contributed by atoms with Crippen LogP contribution in [0.3, 0.4) is 0 Å². The smallest absolute Gasteiger partial charge is 0.251 e. The Labute approximate surface area is 117 Å². The Balaban J connectivity index is 1.72. The van der Waals surface area contributed by atoms with E-state index in [1.54, 1.807) is 0 Å². The van der Waals surface area contributed by atoms with Gasteiger partial charge in [0.2, 0.25) is 0 Å². The molecule has 2 rings (SSSR count). The number of hydrogen-bond donors (Lipinski definition) is 1. The number of halogens is 1. The van der Waals surface area contributed by atoms with Crippen LogP contribution >= 0.6 is 15.9 Å². The van der Waals surface area contributed by atoms with E-state index in [0.717, 1.165) is 28.9 Å². The van der Waals surface area contributed by atoms with Gasteiger partial charge in [-0.25, -0.2) is 0 Å². The van der Waals surface area contributed by atoms with Crippen LogP contribution in [-0.4, -0.2) is 12.5 Å². The molecule has 0 unspecified atom stereocenters. The molecule has 0 spiro atoms. The number of amides is 1. The summed E-state index contributed by atoms with van der Waals surface area (Å²) in [6, 6.07) is 7.49. The molecule has 1 aliphatic carbocycles. The summed E-state index contributed by atoms with van der Waals surface area (Å²) in [5.41, 5.74) is 0.738. The van der Waals surface area contributed by atoms with Gasteiger partial charge in [-0.05, 0) is 36.6 Å². The summed E-state index contributed by atoms with van der Waals surface area (Å²) < 4.78 is 1.00. The number of rotatable bonds is 4. The van der Waals surface area contributed by atoms with Crippen LogP contribution in [0.2, 0.25) is 0 Å². The zero-order valence-corrected chi connectivity index (χ0v) is 12.2. The quantitative estimate of drug-likeness (QED) is 0.889. The number of carbonyl (C=O) groups is 1. The predicted molar refractivity (Wildman–Crippen MR) is 77.7 cm³/mol. The summed E-state index contributed by atoms with van der Waals surface area (Å²) in [5, 5.41) is 3.01. The van der Waals surface area contributed by atoms with E-state index in [-0.39, 0.29) is 5.91 Å². The number of nitrogens with one attached hydrogen (secondary N) is 1. The molecule has 1 fully saturated rings. The van der Waals surface area contributed by atoms with Crippen LogP contribution in [0.5, 0.6) is 0 Å². The van der Waals surface area contributed by atoms with Crippen molar-refractivity contribution >= 4 is 21.8 Å². The van der Waals surface area contributed by atoms with Gasteiger partial charge in [0.1, 0.15) is 0 Å². The van der Waals surface area contributed by atoms with E-state index >= 15 is 0 Å². The minimum absolute atomic E-state index is 0.0401. The van der Waals surface area contributed by atoms with Crippen molar-refractivity contribution in [1.29, 1.82) is 0 Å². The topological polar surface area (TPSA) is 29.1 Å². The number of carbonyl (C=O) groups excluding carboxylic acids is 1. The van der Waals surface area contributed by atoms with Crippen molar-refractivity contribution < 1.29 is 4.79 Å².